The highest BCUT2D eigenvalue weighted by atomic mass is 79.9. The molecule has 2 N–H and O–H groups in total. The number of halogens is 2. The molecule has 1 aromatic carbocycles. The summed E-state index contributed by atoms with van der Waals surface area (Å²) in [5.74, 6) is 0. The van der Waals surface area contributed by atoms with Gasteiger partial charge in [-0.15, -0.1) is 11.3 Å². The summed E-state index contributed by atoms with van der Waals surface area (Å²) in [6.45, 7) is 4.17. The summed E-state index contributed by atoms with van der Waals surface area (Å²) in [6.07, 6.45) is 0. The van der Waals surface area contributed by atoms with Gasteiger partial charge in [0.2, 0.25) is 0 Å². The average Bonchev–Trinajstić information content (AvgIpc) is 2.69. The molecule has 4 heteroatoms. The molecule has 1 unspecified atom stereocenters. The molecular formula is C13H13Br2NS. The minimum absolute atomic E-state index is 0.0695. The van der Waals surface area contributed by atoms with E-state index >= 15 is 0 Å². The molecule has 2 rings (SSSR count). The Morgan fingerprint density at radius 2 is 1.82 bits per heavy atom. The molecule has 1 atom stereocenters. The minimum atomic E-state index is -0.0695. The van der Waals surface area contributed by atoms with Crippen LogP contribution in [0.2, 0.25) is 0 Å². The molecule has 0 aliphatic rings. The Bertz CT molecular complexity index is 548. The first-order chi connectivity index (χ1) is 7.99. The monoisotopic (exact) mass is 373 g/mol. The second-order valence-corrected chi connectivity index (χ2v) is 7.08. The van der Waals surface area contributed by atoms with Crippen molar-refractivity contribution in [2.45, 2.75) is 19.9 Å². The summed E-state index contributed by atoms with van der Waals surface area (Å²) in [6, 6.07) is 8.33. The highest BCUT2D eigenvalue weighted by Gasteiger charge is 2.15. The van der Waals surface area contributed by atoms with E-state index in [1.165, 1.54) is 15.3 Å². The molecule has 0 aliphatic carbocycles. The summed E-state index contributed by atoms with van der Waals surface area (Å²) >= 11 is 8.89. The summed E-state index contributed by atoms with van der Waals surface area (Å²) in [4.78, 5) is 2.48. The van der Waals surface area contributed by atoms with Crippen molar-refractivity contribution in [3.63, 3.8) is 0 Å². The van der Waals surface area contributed by atoms with Crippen LogP contribution in [0, 0.1) is 13.8 Å². The first-order valence-electron chi connectivity index (χ1n) is 5.26. The summed E-state index contributed by atoms with van der Waals surface area (Å²) in [5.41, 5.74) is 8.63. The first kappa shape index (κ1) is 13.3. The molecule has 2 aromatic rings. The number of hydrogen-bond donors (Lipinski definition) is 1. The lowest BCUT2D eigenvalue weighted by atomic mass is 10.0. The van der Waals surface area contributed by atoms with Gasteiger partial charge in [-0.2, -0.15) is 0 Å². The zero-order chi connectivity index (χ0) is 12.6. The molecule has 0 saturated heterocycles. The predicted molar refractivity (Wildman–Crippen MR) is 81.7 cm³/mol. The van der Waals surface area contributed by atoms with Crippen molar-refractivity contribution in [2.24, 2.45) is 5.73 Å². The van der Waals surface area contributed by atoms with E-state index in [0.29, 0.717) is 0 Å². The molecule has 0 fully saturated rings. The van der Waals surface area contributed by atoms with Gasteiger partial charge in [0.05, 0.1) is 6.04 Å². The summed E-state index contributed by atoms with van der Waals surface area (Å²) < 4.78 is 2.16. The number of nitrogens with two attached hydrogens (primary N) is 1. The Kier molecular flexibility index (Phi) is 4.08. The van der Waals surface area contributed by atoms with Crippen LogP contribution in [0.5, 0.6) is 0 Å². The maximum Gasteiger partial charge on any atom is 0.0657 e. The fraction of sp³-hybridized carbons (Fsp3) is 0.231. The minimum Gasteiger partial charge on any atom is -0.320 e. The zero-order valence-corrected chi connectivity index (χ0v) is 13.6. The van der Waals surface area contributed by atoms with Gasteiger partial charge in [0.1, 0.15) is 0 Å². The van der Waals surface area contributed by atoms with Crippen LogP contribution in [0.15, 0.2) is 33.2 Å². The molecule has 1 nitrogen and oxygen atoms in total. The van der Waals surface area contributed by atoms with Gasteiger partial charge in [0.15, 0.2) is 0 Å². The molecule has 0 amide bonds. The molecule has 17 heavy (non-hydrogen) atoms. The lowest BCUT2D eigenvalue weighted by Gasteiger charge is -2.14. The smallest absolute Gasteiger partial charge is 0.0657 e. The lowest BCUT2D eigenvalue weighted by Crippen LogP contribution is -2.11. The third-order valence-electron chi connectivity index (χ3n) is 2.68. The SMILES string of the molecule is Cc1ccc(C(N)c2cc(Br)c(C)cc2Br)s1. The quantitative estimate of drug-likeness (QED) is 0.791. The Hall–Kier alpha value is -0.160. The van der Waals surface area contributed by atoms with Crippen molar-refractivity contribution in [2.75, 3.05) is 0 Å². The highest BCUT2D eigenvalue weighted by Crippen LogP contribution is 2.34. The van der Waals surface area contributed by atoms with Gasteiger partial charge in [0.25, 0.3) is 0 Å². The fourth-order valence-corrected chi connectivity index (χ4v) is 3.64. The number of aryl methyl sites for hydroxylation is 2. The Morgan fingerprint density at radius 1 is 1.12 bits per heavy atom. The Balaban J connectivity index is 2.43. The topological polar surface area (TPSA) is 26.0 Å². The van der Waals surface area contributed by atoms with E-state index in [1.807, 2.05) is 0 Å². The second kappa shape index (κ2) is 5.22. The predicted octanol–water partition coefficient (Wildman–Crippen LogP) is 4.94. The van der Waals surface area contributed by atoms with E-state index < -0.39 is 0 Å². The van der Waals surface area contributed by atoms with E-state index in [9.17, 15) is 0 Å². The molecule has 0 aliphatic heterocycles. The van der Waals surface area contributed by atoms with E-state index in [-0.39, 0.29) is 6.04 Å². The van der Waals surface area contributed by atoms with Gasteiger partial charge >= 0.3 is 0 Å². The zero-order valence-electron chi connectivity index (χ0n) is 9.63. The third-order valence-corrected chi connectivity index (χ3v) is 5.31. The molecule has 1 aromatic heterocycles. The van der Waals surface area contributed by atoms with Gasteiger partial charge in [-0.25, -0.2) is 0 Å². The molecule has 0 saturated carbocycles. The van der Waals surface area contributed by atoms with Crippen LogP contribution in [-0.2, 0) is 0 Å². The first-order valence-corrected chi connectivity index (χ1v) is 7.66. The number of hydrogen-bond acceptors (Lipinski definition) is 2. The number of rotatable bonds is 2. The van der Waals surface area contributed by atoms with Crippen LogP contribution < -0.4 is 5.73 Å². The maximum atomic E-state index is 6.31. The molecule has 90 valence electrons. The van der Waals surface area contributed by atoms with Crippen molar-refractivity contribution in [3.05, 3.63) is 54.1 Å². The van der Waals surface area contributed by atoms with E-state index in [0.717, 1.165) is 14.5 Å². The van der Waals surface area contributed by atoms with Crippen molar-refractivity contribution < 1.29 is 0 Å². The van der Waals surface area contributed by atoms with E-state index in [4.69, 9.17) is 5.73 Å². The lowest BCUT2D eigenvalue weighted by molar-refractivity contribution is 0.885. The summed E-state index contributed by atoms with van der Waals surface area (Å²) in [5, 5.41) is 0. The summed E-state index contributed by atoms with van der Waals surface area (Å²) in [7, 11) is 0. The van der Waals surface area contributed by atoms with Crippen LogP contribution >= 0.6 is 43.2 Å². The Morgan fingerprint density at radius 3 is 2.41 bits per heavy atom. The normalized spacial score (nSPS) is 12.8. The van der Waals surface area contributed by atoms with Gasteiger partial charge in [0, 0.05) is 18.7 Å². The van der Waals surface area contributed by atoms with Crippen molar-refractivity contribution in [1.29, 1.82) is 0 Å². The van der Waals surface area contributed by atoms with Crippen LogP contribution in [0.1, 0.15) is 26.9 Å². The Labute approximate surface area is 122 Å². The van der Waals surface area contributed by atoms with Gasteiger partial charge in [-0.05, 0) is 49.2 Å². The van der Waals surface area contributed by atoms with Crippen molar-refractivity contribution in [1.82, 2.24) is 0 Å². The van der Waals surface area contributed by atoms with E-state index in [2.05, 4.69) is 70.0 Å². The molecule has 0 bridgehead atoms. The van der Waals surface area contributed by atoms with Gasteiger partial charge in [-0.3, -0.25) is 0 Å². The van der Waals surface area contributed by atoms with Crippen LogP contribution in [0.25, 0.3) is 0 Å². The second-order valence-electron chi connectivity index (χ2n) is 4.05. The van der Waals surface area contributed by atoms with Crippen LogP contribution in [0.3, 0.4) is 0 Å². The fourth-order valence-electron chi connectivity index (χ4n) is 1.67. The van der Waals surface area contributed by atoms with Crippen molar-refractivity contribution in [3.8, 4) is 0 Å². The molecule has 1 heterocycles. The largest absolute Gasteiger partial charge is 0.320 e. The standard InChI is InChI=1S/C13H13Br2NS/c1-7-5-11(15)9(6-10(7)14)13(16)12-4-3-8(2)17-12/h3-6,13H,16H2,1-2H3. The molecule has 0 spiro atoms. The molecular weight excluding hydrogens is 362 g/mol. The van der Waals surface area contributed by atoms with Crippen molar-refractivity contribution >= 4 is 43.2 Å². The van der Waals surface area contributed by atoms with Gasteiger partial charge in [-0.1, -0.05) is 31.9 Å². The molecule has 0 radical (unpaired) electrons. The third kappa shape index (κ3) is 2.81. The van der Waals surface area contributed by atoms with E-state index in [1.54, 1.807) is 11.3 Å². The van der Waals surface area contributed by atoms with Crippen LogP contribution in [-0.4, -0.2) is 0 Å². The average molecular weight is 375 g/mol. The number of benzene rings is 1. The number of thiophene rings is 1. The highest BCUT2D eigenvalue weighted by molar-refractivity contribution is 9.11. The van der Waals surface area contributed by atoms with Gasteiger partial charge < -0.3 is 5.73 Å². The maximum absolute atomic E-state index is 6.31. The van der Waals surface area contributed by atoms with Crippen LogP contribution in [0.4, 0.5) is 0 Å².